The summed E-state index contributed by atoms with van der Waals surface area (Å²) < 4.78 is 0. The molecule has 88 heavy (non-hydrogen) atoms. The largest absolute Gasteiger partial charge is 0.478 e. The van der Waals surface area contributed by atoms with Crippen molar-refractivity contribution < 1.29 is 62.6 Å². The summed E-state index contributed by atoms with van der Waals surface area (Å²) in [7, 11) is 9.77. The molecule has 0 fully saturated rings. The first-order valence-corrected chi connectivity index (χ1v) is 30.8. The molecule has 0 spiro atoms. The minimum atomic E-state index is -1.22. The molecule has 0 saturated carbocycles. The Balaban J connectivity index is 3.36. The highest BCUT2D eigenvalue weighted by Crippen LogP contribution is 2.23. The van der Waals surface area contributed by atoms with Gasteiger partial charge in [-0.3, -0.25) is 52.8 Å². The van der Waals surface area contributed by atoms with Crippen molar-refractivity contribution in [3.05, 3.63) is 47.7 Å². The van der Waals surface area contributed by atoms with Gasteiger partial charge in [-0.1, -0.05) is 108 Å². The van der Waals surface area contributed by atoms with Gasteiger partial charge in [-0.05, 0) is 112 Å². The number of urea groups is 1. The number of aryl methyl sites for hydroxylation is 1. The second-order valence-corrected chi connectivity index (χ2v) is 25.6. The Morgan fingerprint density at radius 3 is 1.52 bits per heavy atom. The van der Waals surface area contributed by atoms with E-state index in [9.17, 15) is 62.6 Å². The van der Waals surface area contributed by atoms with Crippen LogP contribution >= 0.6 is 0 Å². The number of likely N-dealkylation sites (N-methyl/N-ethyl adjacent to an activating group) is 6. The molecule has 0 radical (unpaired) electrons. The number of nitrogens with one attached hydrogen (secondary N) is 5. The first kappa shape index (κ1) is 78.6. The highest BCUT2D eigenvalue weighted by molar-refractivity contribution is 6.02. The molecular formula is C64H107N11O13. The Morgan fingerprint density at radius 2 is 1.02 bits per heavy atom. The molecule has 496 valence electrons. The lowest BCUT2D eigenvalue weighted by Crippen LogP contribution is -2.60. The summed E-state index contributed by atoms with van der Waals surface area (Å²) in [5, 5.41) is 22.8. The van der Waals surface area contributed by atoms with E-state index in [1.54, 1.807) is 40.0 Å². The van der Waals surface area contributed by atoms with Gasteiger partial charge >= 0.3 is 12.0 Å². The molecule has 12 amide bonds. The van der Waals surface area contributed by atoms with E-state index in [4.69, 9.17) is 0 Å². The third-order valence-corrected chi connectivity index (χ3v) is 15.7. The van der Waals surface area contributed by atoms with E-state index < -0.39 is 119 Å². The number of carboxylic acid groups (broad SMARTS) is 1. The van der Waals surface area contributed by atoms with E-state index >= 15 is 0 Å². The van der Waals surface area contributed by atoms with Crippen LogP contribution in [0.4, 0.5) is 4.79 Å². The van der Waals surface area contributed by atoms with Gasteiger partial charge in [0.05, 0.1) is 5.56 Å². The van der Waals surface area contributed by atoms with Crippen molar-refractivity contribution in [3.8, 4) is 0 Å². The highest BCUT2D eigenvalue weighted by Gasteiger charge is 2.40. The number of rotatable bonds is 35. The van der Waals surface area contributed by atoms with E-state index in [0.29, 0.717) is 19.3 Å². The summed E-state index contributed by atoms with van der Waals surface area (Å²) in [4.78, 5) is 171. The minimum absolute atomic E-state index is 0.00612. The van der Waals surface area contributed by atoms with Crippen LogP contribution in [0.1, 0.15) is 164 Å². The molecule has 2 unspecified atom stereocenters. The predicted octanol–water partition coefficient (Wildman–Crippen LogP) is 5.04. The molecule has 9 atom stereocenters. The van der Waals surface area contributed by atoms with Crippen LogP contribution in [0, 0.1) is 35.5 Å². The maximum atomic E-state index is 14.6. The van der Waals surface area contributed by atoms with Crippen LogP contribution in [0.2, 0.25) is 0 Å². The van der Waals surface area contributed by atoms with Crippen LogP contribution in [0.3, 0.4) is 0 Å². The monoisotopic (exact) mass is 1240 g/mol. The number of benzene rings is 1. The Morgan fingerprint density at radius 1 is 0.534 bits per heavy atom. The quantitative estimate of drug-likeness (QED) is 0.0486. The number of nitrogens with zero attached hydrogens (tertiary/aromatic N) is 6. The Kier molecular flexibility index (Phi) is 32.9. The molecule has 1 aromatic carbocycles. The molecule has 0 bridgehead atoms. The summed E-state index contributed by atoms with van der Waals surface area (Å²) in [6.07, 6.45) is 3.00. The first-order chi connectivity index (χ1) is 40.7. The van der Waals surface area contributed by atoms with Crippen LogP contribution in [0.5, 0.6) is 0 Å². The molecule has 0 heterocycles. The van der Waals surface area contributed by atoms with E-state index in [1.165, 1.54) is 76.9 Å². The molecule has 1 rings (SSSR count). The van der Waals surface area contributed by atoms with Crippen molar-refractivity contribution in [1.29, 1.82) is 0 Å². The van der Waals surface area contributed by atoms with Gasteiger partial charge in [0.15, 0.2) is 0 Å². The van der Waals surface area contributed by atoms with Gasteiger partial charge in [-0.25, -0.2) is 9.59 Å². The summed E-state index contributed by atoms with van der Waals surface area (Å²) in [5.74, 6) is -8.26. The molecule has 24 nitrogen and oxygen atoms in total. The van der Waals surface area contributed by atoms with Crippen molar-refractivity contribution >= 4 is 71.1 Å². The first-order valence-electron chi connectivity index (χ1n) is 30.8. The van der Waals surface area contributed by atoms with E-state index in [1.807, 2.05) is 68.4 Å². The number of carbonyl (C=O) groups excluding carboxylic acids is 11. The van der Waals surface area contributed by atoms with Crippen LogP contribution in [0.15, 0.2) is 36.5 Å². The maximum absolute atomic E-state index is 14.6. The van der Waals surface area contributed by atoms with Crippen molar-refractivity contribution in [2.24, 2.45) is 35.5 Å². The highest BCUT2D eigenvalue weighted by atomic mass is 16.4. The fraction of sp³-hybridized carbons (Fsp3) is 0.688. The van der Waals surface area contributed by atoms with Gasteiger partial charge in [-0.2, -0.15) is 0 Å². The number of carboxylic acids is 1. The second kappa shape index (κ2) is 36.8. The SMILES string of the molecule is C=C(C(=O)N(C)[C@@H](CC(C)C)C(=O)N[C@H](C(=O)N(C)[C@@H](CC(C)C)C(=O)N[C@H](C)C(=O)NC(C)C(=O)N(C)[C@@H](CC(C)C)C(=O)N(C)C(=O)NC)C(C)C)N(C)C(=O)[C@H](CC)NC(=O)C(C[C@H](C)CCCc1cccc(C(=O)O)c1)N(C)C(=O)CC(C)C. The molecule has 6 N–H and O–H groups in total. The lowest BCUT2D eigenvalue weighted by atomic mass is 9.93. The molecular weight excluding hydrogens is 1130 g/mol. The van der Waals surface area contributed by atoms with E-state index in [2.05, 4.69) is 33.2 Å². The Bertz CT molecular complexity index is 2610. The lowest BCUT2D eigenvalue weighted by Gasteiger charge is -2.36. The molecule has 0 aliphatic carbocycles. The summed E-state index contributed by atoms with van der Waals surface area (Å²) in [5.41, 5.74) is 0.745. The molecule has 0 saturated heterocycles. The topological polar surface area (TPSA) is 305 Å². The number of hydrogen-bond acceptors (Lipinski definition) is 12. The summed E-state index contributed by atoms with van der Waals surface area (Å²) >= 11 is 0. The molecule has 0 aliphatic heterocycles. The van der Waals surface area contributed by atoms with Crippen LogP contribution in [-0.4, -0.2) is 203 Å². The number of aromatic carboxylic acids is 1. The standard InChI is InChI=1S/C64H107N11O13/c1-23-47(68-56(79)50(71(18)52(76)33-39(8)9)34-41(12)26-24-27-45-28-25-29-46(35-45)63(86)87)60(83)70(17)44(15)59(82)72(19)49(31-37(4)5)57(80)69-53(40(10)11)62(85)73(20)48(30-36(2)3)55(78)66-42(13)54(77)67-43(14)58(81)74(21)51(32-38(6)7)61(84)75(22)64(88)65-16/h25,28-29,35-43,47-51,53H,15,23-24,26-27,30-34H2,1-14,16-22H3,(H,65,88)(H,66,78)(H,67,77)(H,68,79)(H,69,80)(H,86,87)/t41-,42-,43?,47+,48+,49+,50?,51+,53+/m1/s1. The van der Waals surface area contributed by atoms with Crippen molar-refractivity contribution in [3.63, 3.8) is 0 Å². The van der Waals surface area contributed by atoms with Crippen LogP contribution in [-0.2, 0) is 54.4 Å². The summed E-state index contributed by atoms with van der Waals surface area (Å²) in [6, 6.07) is -3.03. The smallest absolute Gasteiger partial charge is 0.335 e. The van der Waals surface area contributed by atoms with Gasteiger partial charge in [0.1, 0.15) is 54.0 Å². The Labute approximate surface area is 523 Å². The zero-order valence-electron chi connectivity index (χ0n) is 56.5. The molecule has 1 aromatic rings. The zero-order valence-corrected chi connectivity index (χ0v) is 56.5. The van der Waals surface area contributed by atoms with Gasteiger partial charge in [0.2, 0.25) is 47.3 Å². The zero-order chi connectivity index (χ0) is 67.9. The van der Waals surface area contributed by atoms with Crippen molar-refractivity contribution in [2.45, 2.75) is 203 Å². The minimum Gasteiger partial charge on any atom is -0.478 e. The van der Waals surface area contributed by atoms with Gasteiger partial charge in [0.25, 0.3) is 11.8 Å². The molecule has 24 heteroatoms. The normalized spacial score (nSPS) is 14.4. The fourth-order valence-corrected chi connectivity index (χ4v) is 10.1. The number of imide groups is 1. The number of carbonyl (C=O) groups is 12. The second-order valence-electron chi connectivity index (χ2n) is 25.6. The third-order valence-electron chi connectivity index (χ3n) is 15.7. The third kappa shape index (κ3) is 23.9. The van der Waals surface area contributed by atoms with Gasteiger partial charge in [-0.15, -0.1) is 0 Å². The van der Waals surface area contributed by atoms with Crippen LogP contribution < -0.4 is 26.6 Å². The Hall–Kier alpha value is -7.40. The maximum Gasteiger partial charge on any atom is 0.335 e. The predicted molar refractivity (Wildman–Crippen MR) is 338 cm³/mol. The van der Waals surface area contributed by atoms with Crippen molar-refractivity contribution in [2.75, 3.05) is 49.3 Å². The van der Waals surface area contributed by atoms with E-state index in [-0.39, 0.29) is 85.3 Å². The van der Waals surface area contributed by atoms with Crippen LogP contribution in [0.25, 0.3) is 0 Å². The average Bonchev–Trinajstić information content (AvgIpc) is 2.13. The molecule has 0 aromatic heterocycles. The van der Waals surface area contributed by atoms with E-state index in [0.717, 1.165) is 20.3 Å². The molecule has 0 aliphatic rings. The van der Waals surface area contributed by atoms with Crippen molar-refractivity contribution in [1.82, 2.24) is 56.0 Å². The average molecular weight is 1240 g/mol. The van der Waals surface area contributed by atoms with Gasteiger partial charge in [0, 0.05) is 55.8 Å². The number of amides is 12. The summed E-state index contributed by atoms with van der Waals surface area (Å²) in [6.45, 7) is 28.7. The van der Waals surface area contributed by atoms with Gasteiger partial charge < -0.3 is 56.2 Å². The lowest BCUT2D eigenvalue weighted by molar-refractivity contribution is -0.146. The fourth-order valence-electron chi connectivity index (χ4n) is 10.1. The number of hydrogen-bond donors (Lipinski definition) is 6.